The van der Waals surface area contributed by atoms with Crippen LogP contribution in [0.5, 0.6) is 11.5 Å². The average molecular weight is 347 g/mol. The first-order chi connectivity index (χ1) is 10.4. The number of carbonyl (C=O) groups excluding carboxylic acids is 1. The van der Waals surface area contributed by atoms with E-state index in [1.54, 1.807) is 48.5 Å². The van der Waals surface area contributed by atoms with Crippen molar-refractivity contribution in [3.63, 3.8) is 0 Å². The van der Waals surface area contributed by atoms with Crippen LogP contribution in [0.4, 0.5) is 4.79 Å². The van der Waals surface area contributed by atoms with Crippen LogP contribution in [0.1, 0.15) is 0 Å². The van der Waals surface area contributed by atoms with E-state index in [9.17, 15) is 0 Å². The number of rotatable bonds is 1. The van der Waals surface area contributed by atoms with Crippen LogP contribution in [-0.2, 0) is 0 Å². The Bertz CT molecular complexity index is 422. The Balaban J connectivity index is 0. The lowest BCUT2D eigenvalue weighted by molar-refractivity contribution is -0.415. The molecule has 2 aromatic carbocycles. The number of aromatic hydroxyl groups is 2. The van der Waals surface area contributed by atoms with Crippen LogP contribution in [0.3, 0.4) is 0 Å². The molecule has 5 nitrogen and oxygen atoms in total. The zero-order valence-electron chi connectivity index (χ0n) is 11.6. The SMILES string of the molecule is ClCCCl.O=C([O-])[O-].Oc1ccccc1.Oc1ccccc1. The van der Waals surface area contributed by atoms with Crippen LogP contribution in [0, 0.1) is 0 Å². The largest absolute Gasteiger partial charge is 0.652 e. The van der Waals surface area contributed by atoms with Gasteiger partial charge in [-0.2, -0.15) is 0 Å². The Kier molecular flexibility index (Phi) is 17.1. The fourth-order valence-electron chi connectivity index (χ4n) is 0.856. The molecule has 0 amide bonds. The Morgan fingerprint density at radius 3 is 1.09 bits per heavy atom. The topological polar surface area (TPSA) is 104 Å². The molecule has 0 aliphatic carbocycles. The standard InChI is InChI=1S/2C6H6O.C2H4Cl2.CH2O3/c2*7-6-4-2-1-3-5-6;3-1-2-4;2-1(3)4/h2*1-5,7H;1-2H2;(H2,2,3,4)/p-2. The number of para-hydroxylation sites is 2. The molecule has 0 bridgehead atoms. The van der Waals surface area contributed by atoms with Crippen LogP contribution in [-0.4, -0.2) is 28.1 Å². The number of carbonyl (C=O) groups is 1. The van der Waals surface area contributed by atoms with E-state index in [2.05, 4.69) is 0 Å². The van der Waals surface area contributed by atoms with Gasteiger partial charge in [0.05, 0.1) is 0 Å². The minimum absolute atomic E-state index is 0.322. The minimum atomic E-state index is -2.33. The van der Waals surface area contributed by atoms with E-state index < -0.39 is 6.16 Å². The molecule has 22 heavy (non-hydrogen) atoms. The van der Waals surface area contributed by atoms with E-state index in [-0.39, 0.29) is 0 Å². The highest BCUT2D eigenvalue weighted by molar-refractivity contribution is 6.25. The highest BCUT2D eigenvalue weighted by Gasteiger charge is 1.75. The predicted octanol–water partition coefficient (Wildman–Crippen LogP) is 1.80. The van der Waals surface area contributed by atoms with Crippen LogP contribution < -0.4 is 10.2 Å². The Labute approximate surface area is 139 Å². The van der Waals surface area contributed by atoms with E-state index in [0.717, 1.165) is 0 Å². The van der Waals surface area contributed by atoms with Gasteiger partial charge in [-0.1, -0.05) is 36.4 Å². The number of hydrogen-bond acceptors (Lipinski definition) is 5. The molecule has 0 heterocycles. The average Bonchev–Trinajstić information content (AvgIpc) is 2.49. The van der Waals surface area contributed by atoms with Crippen molar-refractivity contribution in [2.45, 2.75) is 0 Å². The van der Waals surface area contributed by atoms with Gasteiger partial charge in [-0.3, -0.25) is 0 Å². The second-order valence-corrected chi connectivity index (χ2v) is 4.05. The van der Waals surface area contributed by atoms with E-state index in [4.69, 9.17) is 48.4 Å². The Morgan fingerprint density at radius 2 is 1.00 bits per heavy atom. The molecule has 2 aromatic rings. The molecule has 0 radical (unpaired) electrons. The summed E-state index contributed by atoms with van der Waals surface area (Å²) in [6, 6.07) is 17.4. The van der Waals surface area contributed by atoms with Crippen LogP contribution in [0.15, 0.2) is 60.7 Å². The zero-order chi connectivity index (χ0) is 17.2. The number of hydrogen-bond donors (Lipinski definition) is 2. The summed E-state index contributed by atoms with van der Waals surface area (Å²) in [5.74, 6) is 1.76. The van der Waals surface area contributed by atoms with Gasteiger partial charge in [-0.15, -0.1) is 23.2 Å². The molecule has 0 unspecified atom stereocenters. The molecule has 7 heteroatoms. The molecule has 0 aliphatic rings. The monoisotopic (exact) mass is 346 g/mol. The van der Waals surface area contributed by atoms with Crippen molar-refractivity contribution in [2.24, 2.45) is 0 Å². The highest BCUT2D eigenvalue weighted by Crippen LogP contribution is 2.03. The maximum Gasteiger partial charge on any atom is 0.115 e. The van der Waals surface area contributed by atoms with E-state index in [1.165, 1.54) is 0 Å². The van der Waals surface area contributed by atoms with Gasteiger partial charge in [0.25, 0.3) is 0 Å². The third-order valence-electron chi connectivity index (χ3n) is 1.58. The fourth-order valence-corrected chi connectivity index (χ4v) is 0.856. The summed E-state index contributed by atoms with van der Waals surface area (Å²) >= 11 is 10.1. The summed E-state index contributed by atoms with van der Waals surface area (Å²) in [6.07, 6.45) is -2.33. The number of phenolic OH excluding ortho intramolecular Hbond substituents is 2. The molecule has 0 saturated carbocycles. The van der Waals surface area contributed by atoms with Gasteiger partial charge in [0, 0.05) is 11.8 Å². The molecular formula is C15H16Cl2O5-2. The fraction of sp³-hybridized carbons (Fsp3) is 0.133. The van der Waals surface area contributed by atoms with Gasteiger partial charge in [0.1, 0.15) is 11.5 Å². The van der Waals surface area contributed by atoms with Crippen molar-refractivity contribution in [2.75, 3.05) is 11.8 Å². The first-order valence-corrected chi connectivity index (χ1v) is 6.98. The molecule has 0 aliphatic heterocycles. The summed E-state index contributed by atoms with van der Waals surface area (Å²) in [6.45, 7) is 0. The molecular weight excluding hydrogens is 331 g/mol. The third-order valence-corrected chi connectivity index (χ3v) is 2.16. The first kappa shape index (κ1) is 22.2. The van der Waals surface area contributed by atoms with Crippen molar-refractivity contribution in [3.05, 3.63) is 60.7 Å². The lowest BCUT2D eigenvalue weighted by atomic mass is 10.3. The van der Waals surface area contributed by atoms with Crippen molar-refractivity contribution in [1.29, 1.82) is 0 Å². The maximum absolute atomic E-state index is 8.63. The number of phenols is 2. The second-order valence-electron chi connectivity index (χ2n) is 3.30. The Morgan fingerprint density at radius 1 is 0.773 bits per heavy atom. The lowest BCUT2D eigenvalue weighted by Gasteiger charge is -1.96. The van der Waals surface area contributed by atoms with Crippen molar-refractivity contribution in [3.8, 4) is 11.5 Å². The predicted molar refractivity (Wildman–Crippen MR) is 83.0 cm³/mol. The molecule has 2 N–H and O–H groups in total. The van der Waals surface area contributed by atoms with Crippen molar-refractivity contribution in [1.82, 2.24) is 0 Å². The van der Waals surface area contributed by atoms with Gasteiger partial charge in [0.15, 0.2) is 0 Å². The summed E-state index contributed by atoms with van der Waals surface area (Å²) in [5, 5.41) is 33.9. The first-order valence-electron chi connectivity index (χ1n) is 5.92. The summed E-state index contributed by atoms with van der Waals surface area (Å²) in [7, 11) is 0. The summed E-state index contributed by atoms with van der Waals surface area (Å²) < 4.78 is 0. The number of benzene rings is 2. The van der Waals surface area contributed by atoms with Crippen LogP contribution in [0.2, 0.25) is 0 Å². The molecule has 0 saturated heterocycles. The Hall–Kier alpha value is -2.11. The summed E-state index contributed by atoms with van der Waals surface area (Å²) in [5.41, 5.74) is 0. The number of halogens is 2. The van der Waals surface area contributed by atoms with Crippen LogP contribution >= 0.6 is 23.2 Å². The second kappa shape index (κ2) is 16.9. The van der Waals surface area contributed by atoms with Gasteiger partial charge >= 0.3 is 0 Å². The van der Waals surface area contributed by atoms with Crippen molar-refractivity contribution >= 4 is 29.4 Å². The van der Waals surface area contributed by atoms with Crippen LogP contribution in [0.25, 0.3) is 0 Å². The van der Waals surface area contributed by atoms with Gasteiger partial charge in [-0.05, 0) is 30.4 Å². The quantitative estimate of drug-likeness (QED) is 0.766. The maximum atomic E-state index is 8.63. The zero-order valence-corrected chi connectivity index (χ0v) is 13.1. The smallest absolute Gasteiger partial charge is 0.115 e. The van der Waals surface area contributed by atoms with E-state index in [0.29, 0.717) is 23.3 Å². The molecule has 0 aromatic heterocycles. The number of carboxylic acid groups (broad SMARTS) is 2. The summed E-state index contributed by atoms with van der Waals surface area (Å²) in [4.78, 5) is 8.33. The number of alkyl halides is 2. The molecule has 0 fully saturated rings. The van der Waals surface area contributed by atoms with Gasteiger partial charge in [-0.25, -0.2) is 0 Å². The minimum Gasteiger partial charge on any atom is -0.652 e. The van der Waals surface area contributed by atoms with Gasteiger partial charge in [0.2, 0.25) is 0 Å². The molecule has 2 rings (SSSR count). The van der Waals surface area contributed by atoms with E-state index >= 15 is 0 Å². The van der Waals surface area contributed by atoms with Gasteiger partial charge < -0.3 is 25.2 Å². The lowest BCUT2D eigenvalue weighted by Crippen LogP contribution is -2.37. The third kappa shape index (κ3) is 23.0. The molecule has 0 spiro atoms. The molecule has 0 atom stereocenters. The normalized spacial score (nSPS) is 7.91. The highest BCUT2D eigenvalue weighted by atomic mass is 35.5. The van der Waals surface area contributed by atoms with Crippen molar-refractivity contribution < 1.29 is 25.2 Å². The molecule has 122 valence electrons. The van der Waals surface area contributed by atoms with E-state index in [1.807, 2.05) is 12.1 Å².